The van der Waals surface area contributed by atoms with Crippen LogP contribution in [0.15, 0.2) is 119 Å². The van der Waals surface area contributed by atoms with Gasteiger partial charge in [-0.3, -0.25) is 4.79 Å². The molecule has 5 aromatic carbocycles. The molecule has 0 heterocycles. The van der Waals surface area contributed by atoms with E-state index < -0.39 is 5.91 Å². The Morgan fingerprint density at radius 3 is 2.23 bits per heavy atom. The molecule has 0 aliphatic carbocycles. The van der Waals surface area contributed by atoms with Crippen LogP contribution in [0.25, 0.3) is 16.8 Å². The number of fused-ring (bicyclic) bond motifs is 1. The summed E-state index contributed by atoms with van der Waals surface area (Å²) < 4.78 is 18.5. The normalized spacial score (nSPS) is 11.0. The van der Waals surface area contributed by atoms with Gasteiger partial charge < -0.3 is 19.5 Å². The van der Waals surface area contributed by atoms with Gasteiger partial charge in [0.2, 0.25) is 0 Å². The van der Waals surface area contributed by atoms with Gasteiger partial charge in [0.1, 0.15) is 30.6 Å². The number of carbonyl (C=O) groups is 1. The maximum Gasteiger partial charge on any atom is 0.266 e. The summed E-state index contributed by atoms with van der Waals surface area (Å²) >= 11 is 3.57. The molecule has 5 rings (SSSR count). The molecule has 0 saturated heterocycles. The molecular weight excluding hydrogens is 604 g/mol. The van der Waals surface area contributed by atoms with Crippen LogP contribution in [0, 0.1) is 11.3 Å². The lowest BCUT2D eigenvalue weighted by Gasteiger charge is -2.14. The largest absolute Gasteiger partial charge is 0.490 e. The van der Waals surface area contributed by atoms with Crippen molar-refractivity contribution >= 4 is 44.4 Å². The van der Waals surface area contributed by atoms with Crippen LogP contribution in [0.5, 0.6) is 17.2 Å². The fourth-order valence-electron chi connectivity index (χ4n) is 4.41. The van der Waals surface area contributed by atoms with E-state index in [9.17, 15) is 10.1 Å². The molecule has 0 saturated carbocycles. The minimum absolute atomic E-state index is 0.0580. The van der Waals surface area contributed by atoms with Crippen LogP contribution in [-0.2, 0) is 18.0 Å². The summed E-state index contributed by atoms with van der Waals surface area (Å²) in [4.78, 5) is 13.0. The predicted octanol–water partition coefficient (Wildman–Crippen LogP) is 8.70. The van der Waals surface area contributed by atoms with Crippen LogP contribution in [0.2, 0.25) is 0 Å². The van der Waals surface area contributed by atoms with Gasteiger partial charge in [-0.1, -0.05) is 82.7 Å². The first kappa shape index (κ1) is 29.4. The Morgan fingerprint density at radius 2 is 1.49 bits per heavy atom. The van der Waals surface area contributed by atoms with Gasteiger partial charge in [-0.2, -0.15) is 5.26 Å². The zero-order valence-corrected chi connectivity index (χ0v) is 25.1. The Bertz CT molecular complexity index is 1790. The number of hydrogen-bond acceptors (Lipinski definition) is 5. The molecule has 0 aliphatic heterocycles. The molecule has 6 nitrogen and oxygen atoms in total. The molecule has 0 fully saturated rings. The van der Waals surface area contributed by atoms with Gasteiger partial charge in [0, 0.05) is 10.2 Å². The van der Waals surface area contributed by atoms with Crippen molar-refractivity contribution in [1.29, 1.82) is 5.26 Å². The first-order valence-corrected chi connectivity index (χ1v) is 14.6. The highest BCUT2D eigenvalue weighted by atomic mass is 79.9. The van der Waals surface area contributed by atoms with E-state index in [1.165, 1.54) is 11.5 Å². The van der Waals surface area contributed by atoms with Gasteiger partial charge in [0.15, 0.2) is 11.5 Å². The number of ether oxygens (including phenoxy) is 3. The van der Waals surface area contributed by atoms with Crippen LogP contribution >= 0.6 is 15.9 Å². The minimum Gasteiger partial charge on any atom is -0.490 e. The lowest BCUT2D eigenvalue weighted by Crippen LogP contribution is -2.13. The summed E-state index contributed by atoms with van der Waals surface area (Å²) in [5.41, 5.74) is 3.19. The van der Waals surface area contributed by atoms with E-state index in [-0.39, 0.29) is 5.57 Å². The Kier molecular flexibility index (Phi) is 9.73. The highest BCUT2D eigenvalue weighted by Crippen LogP contribution is 2.36. The molecule has 7 heteroatoms. The highest BCUT2D eigenvalue weighted by Gasteiger charge is 2.15. The third-order valence-corrected chi connectivity index (χ3v) is 7.28. The molecule has 0 spiro atoms. The molecular formula is C36H29BrN2O4. The number of amides is 1. The second-order valence-corrected chi connectivity index (χ2v) is 10.5. The van der Waals surface area contributed by atoms with Gasteiger partial charge in [-0.25, -0.2) is 0 Å². The summed E-state index contributed by atoms with van der Waals surface area (Å²) in [6, 6.07) is 36.8. The van der Waals surface area contributed by atoms with Crippen molar-refractivity contribution in [2.24, 2.45) is 0 Å². The molecule has 0 aliphatic rings. The van der Waals surface area contributed by atoms with E-state index >= 15 is 0 Å². The van der Waals surface area contributed by atoms with Crippen LogP contribution < -0.4 is 19.5 Å². The second-order valence-electron chi connectivity index (χ2n) is 9.65. The van der Waals surface area contributed by atoms with Crippen LogP contribution in [0.1, 0.15) is 23.6 Å². The van der Waals surface area contributed by atoms with E-state index in [0.29, 0.717) is 52.8 Å². The average molecular weight is 634 g/mol. The number of benzene rings is 5. The standard InChI is InChI=1S/C36H29BrN2O4/c1-2-41-34-20-29(33(37)21-35(34)43-24-26-12-13-27-10-6-7-11-28(27)18-26)19-30(22-38)36(40)39-31-14-16-32(17-15-31)42-23-25-8-4-3-5-9-25/h3-21H,2,23-24H2,1H3,(H,39,40)/b30-19+. The van der Waals surface area contributed by atoms with Crippen molar-refractivity contribution in [3.05, 3.63) is 136 Å². The lowest BCUT2D eigenvalue weighted by atomic mass is 10.1. The third-order valence-electron chi connectivity index (χ3n) is 6.60. The van der Waals surface area contributed by atoms with E-state index in [1.54, 1.807) is 36.4 Å². The van der Waals surface area contributed by atoms with Crippen LogP contribution in [0.3, 0.4) is 0 Å². The fourth-order valence-corrected chi connectivity index (χ4v) is 4.85. The molecule has 0 atom stereocenters. The third kappa shape index (κ3) is 7.82. The Hall–Kier alpha value is -5.06. The fraction of sp³-hybridized carbons (Fsp3) is 0.111. The van der Waals surface area contributed by atoms with Gasteiger partial charge in [-0.05, 0) is 82.9 Å². The topological polar surface area (TPSA) is 80.6 Å². The maximum absolute atomic E-state index is 13.0. The second kappa shape index (κ2) is 14.2. The molecule has 0 unspecified atom stereocenters. The number of anilines is 1. The van der Waals surface area contributed by atoms with Crippen molar-refractivity contribution in [3.63, 3.8) is 0 Å². The number of nitrogens with one attached hydrogen (secondary N) is 1. The summed E-state index contributed by atoms with van der Waals surface area (Å²) in [5, 5.41) is 14.9. The number of carbonyl (C=O) groups excluding carboxylic acids is 1. The van der Waals surface area contributed by atoms with Crippen molar-refractivity contribution in [2.45, 2.75) is 20.1 Å². The quantitative estimate of drug-likeness (QED) is 0.116. The Labute approximate surface area is 259 Å². The Morgan fingerprint density at radius 1 is 0.791 bits per heavy atom. The zero-order chi connectivity index (χ0) is 30.0. The van der Waals surface area contributed by atoms with E-state index in [1.807, 2.05) is 61.5 Å². The average Bonchev–Trinajstić information content (AvgIpc) is 3.04. The summed E-state index contributed by atoms with van der Waals surface area (Å²) in [6.07, 6.45) is 1.52. The molecule has 5 aromatic rings. The monoisotopic (exact) mass is 632 g/mol. The summed E-state index contributed by atoms with van der Waals surface area (Å²) in [6.45, 7) is 3.11. The van der Waals surface area contributed by atoms with Crippen molar-refractivity contribution < 1.29 is 19.0 Å². The van der Waals surface area contributed by atoms with Gasteiger partial charge in [-0.15, -0.1) is 0 Å². The first-order valence-electron chi connectivity index (χ1n) is 13.8. The number of nitrogens with zero attached hydrogens (tertiary/aromatic N) is 1. The molecule has 0 radical (unpaired) electrons. The number of hydrogen-bond donors (Lipinski definition) is 1. The SMILES string of the molecule is CCOc1cc(/C=C(\C#N)C(=O)Nc2ccc(OCc3ccccc3)cc2)c(Br)cc1OCc1ccc2ccccc2c1. The zero-order valence-electron chi connectivity index (χ0n) is 23.5. The van der Waals surface area contributed by atoms with Crippen molar-refractivity contribution in [2.75, 3.05) is 11.9 Å². The Balaban J connectivity index is 1.27. The maximum atomic E-state index is 13.0. The summed E-state index contributed by atoms with van der Waals surface area (Å²) in [7, 11) is 0. The van der Waals surface area contributed by atoms with Crippen molar-refractivity contribution in [3.8, 4) is 23.3 Å². The van der Waals surface area contributed by atoms with Crippen molar-refractivity contribution in [1.82, 2.24) is 0 Å². The predicted molar refractivity (Wildman–Crippen MR) is 173 cm³/mol. The molecule has 1 N–H and O–H groups in total. The van der Waals surface area contributed by atoms with Gasteiger partial charge in [0.25, 0.3) is 5.91 Å². The number of nitriles is 1. The van der Waals surface area contributed by atoms with Gasteiger partial charge >= 0.3 is 0 Å². The first-order chi connectivity index (χ1) is 21.0. The lowest BCUT2D eigenvalue weighted by molar-refractivity contribution is -0.112. The van der Waals surface area contributed by atoms with Gasteiger partial charge in [0.05, 0.1) is 6.61 Å². The molecule has 0 bridgehead atoms. The van der Waals surface area contributed by atoms with E-state index in [0.717, 1.165) is 16.5 Å². The highest BCUT2D eigenvalue weighted by molar-refractivity contribution is 9.10. The molecule has 43 heavy (non-hydrogen) atoms. The molecule has 0 aromatic heterocycles. The van der Waals surface area contributed by atoms with E-state index in [4.69, 9.17) is 14.2 Å². The molecule has 1 amide bonds. The number of rotatable bonds is 11. The minimum atomic E-state index is -0.526. The van der Waals surface area contributed by atoms with Crippen LogP contribution in [0.4, 0.5) is 5.69 Å². The smallest absolute Gasteiger partial charge is 0.266 e. The number of halogens is 1. The van der Waals surface area contributed by atoms with Crippen LogP contribution in [-0.4, -0.2) is 12.5 Å². The van der Waals surface area contributed by atoms with E-state index in [2.05, 4.69) is 45.5 Å². The summed E-state index contributed by atoms with van der Waals surface area (Å²) in [5.74, 6) is 1.22. The molecule has 214 valence electrons.